The van der Waals surface area contributed by atoms with E-state index in [9.17, 15) is 0 Å². The van der Waals surface area contributed by atoms with Crippen molar-refractivity contribution in [3.63, 3.8) is 0 Å². The van der Waals surface area contributed by atoms with E-state index >= 15 is 0 Å². The number of hydrogen-bond acceptors (Lipinski definition) is 5. The number of anilines is 2. The zero-order valence-electron chi connectivity index (χ0n) is 10.8. The molecular formula is C14H17N3O2. The lowest BCUT2D eigenvalue weighted by Gasteiger charge is -2.10. The summed E-state index contributed by atoms with van der Waals surface area (Å²) in [4.78, 5) is 4.20. The minimum Gasteiger partial charge on any atom is -0.493 e. The molecule has 0 spiro atoms. The number of nitrogens with one attached hydrogen (secondary N) is 1. The molecule has 0 saturated heterocycles. The van der Waals surface area contributed by atoms with Crippen LogP contribution in [0.1, 0.15) is 0 Å². The maximum absolute atomic E-state index is 5.60. The van der Waals surface area contributed by atoms with E-state index in [0.717, 1.165) is 17.2 Å². The number of nitrogens with zero attached hydrogens (tertiary/aromatic N) is 1. The molecule has 100 valence electrons. The van der Waals surface area contributed by atoms with Crippen LogP contribution in [0.5, 0.6) is 11.5 Å². The molecule has 0 aliphatic heterocycles. The summed E-state index contributed by atoms with van der Waals surface area (Å²) in [6, 6.07) is 11.0. The largest absolute Gasteiger partial charge is 0.493 e. The van der Waals surface area contributed by atoms with Gasteiger partial charge in [0.1, 0.15) is 12.4 Å². The Bertz CT molecular complexity index is 514. The van der Waals surface area contributed by atoms with Gasteiger partial charge in [0.25, 0.3) is 0 Å². The Labute approximate surface area is 112 Å². The number of aromatic nitrogens is 1. The van der Waals surface area contributed by atoms with Gasteiger partial charge in [-0.2, -0.15) is 0 Å². The molecule has 3 N–H and O–H groups in total. The summed E-state index contributed by atoms with van der Waals surface area (Å²) in [6.07, 6.45) is 1.71. The van der Waals surface area contributed by atoms with Crippen molar-refractivity contribution >= 4 is 11.5 Å². The second-order valence-electron chi connectivity index (χ2n) is 3.90. The summed E-state index contributed by atoms with van der Waals surface area (Å²) in [5.41, 5.74) is 6.33. The summed E-state index contributed by atoms with van der Waals surface area (Å²) in [7, 11) is 1.62. The number of ether oxygens (including phenoxy) is 2. The first-order valence-electron chi connectivity index (χ1n) is 6.01. The van der Waals surface area contributed by atoms with Gasteiger partial charge in [0.2, 0.25) is 0 Å². The number of benzene rings is 1. The van der Waals surface area contributed by atoms with Crippen LogP contribution in [0, 0.1) is 0 Å². The highest BCUT2D eigenvalue weighted by molar-refractivity contribution is 5.49. The molecule has 1 aromatic carbocycles. The molecule has 0 fully saturated rings. The van der Waals surface area contributed by atoms with E-state index in [0.29, 0.717) is 19.0 Å². The van der Waals surface area contributed by atoms with E-state index in [1.165, 1.54) is 0 Å². The molecule has 0 atom stereocenters. The fourth-order valence-electron chi connectivity index (χ4n) is 1.59. The Morgan fingerprint density at radius 3 is 2.74 bits per heavy atom. The van der Waals surface area contributed by atoms with Crippen molar-refractivity contribution in [2.45, 2.75) is 0 Å². The maximum Gasteiger partial charge on any atom is 0.168 e. The average molecular weight is 259 g/mol. The van der Waals surface area contributed by atoms with Crippen molar-refractivity contribution in [2.75, 3.05) is 31.3 Å². The molecule has 2 rings (SSSR count). The highest BCUT2D eigenvalue weighted by atomic mass is 16.5. The molecule has 1 heterocycles. The van der Waals surface area contributed by atoms with Crippen molar-refractivity contribution in [2.24, 2.45) is 0 Å². The van der Waals surface area contributed by atoms with Crippen molar-refractivity contribution in [1.82, 2.24) is 4.98 Å². The number of hydrogen-bond donors (Lipinski definition) is 2. The van der Waals surface area contributed by atoms with Crippen molar-refractivity contribution in [1.29, 1.82) is 0 Å². The van der Waals surface area contributed by atoms with Crippen LogP contribution in [0.2, 0.25) is 0 Å². The van der Waals surface area contributed by atoms with Crippen LogP contribution in [0.3, 0.4) is 0 Å². The number of nitrogen functional groups attached to an aromatic ring is 1. The van der Waals surface area contributed by atoms with Crippen LogP contribution < -0.4 is 20.5 Å². The van der Waals surface area contributed by atoms with Crippen LogP contribution in [0.15, 0.2) is 42.6 Å². The molecule has 1 aromatic heterocycles. The highest BCUT2D eigenvalue weighted by Crippen LogP contribution is 2.19. The van der Waals surface area contributed by atoms with Gasteiger partial charge in [-0.3, -0.25) is 0 Å². The molecule has 0 aliphatic rings. The summed E-state index contributed by atoms with van der Waals surface area (Å²) in [5.74, 6) is 2.23. The summed E-state index contributed by atoms with van der Waals surface area (Å²) in [5, 5.41) is 3.16. The lowest BCUT2D eigenvalue weighted by Crippen LogP contribution is -2.12. The first kappa shape index (κ1) is 13.0. The normalized spacial score (nSPS) is 9.95. The Hall–Kier alpha value is -2.43. The van der Waals surface area contributed by atoms with E-state index in [1.807, 2.05) is 36.4 Å². The molecule has 0 unspecified atom stereocenters. The fraction of sp³-hybridized carbons (Fsp3) is 0.214. The Balaban J connectivity index is 1.79. The first-order valence-corrected chi connectivity index (χ1v) is 6.01. The monoisotopic (exact) mass is 259 g/mol. The topological polar surface area (TPSA) is 69.4 Å². The zero-order valence-corrected chi connectivity index (χ0v) is 10.8. The fourth-order valence-corrected chi connectivity index (χ4v) is 1.59. The summed E-state index contributed by atoms with van der Waals surface area (Å²) >= 11 is 0. The van der Waals surface area contributed by atoms with Gasteiger partial charge in [-0.25, -0.2) is 4.98 Å². The van der Waals surface area contributed by atoms with E-state index in [2.05, 4.69) is 10.3 Å². The molecule has 0 bridgehead atoms. The van der Waals surface area contributed by atoms with Gasteiger partial charge in [0.05, 0.1) is 13.7 Å². The summed E-state index contributed by atoms with van der Waals surface area (Å²) < 4.78 is 10.8. The van der Waals surface area contributed by atoms with Crippen LogP contribution in [0.25, 0.3) is 0 Å². The van der Waals surface area contributed by atoms with Gasteiger partial charge in [0.15, 0.2) is 11.6 Å². The van der Waals surface area contributed by atoms with Crippen molar-refractivity contribution in [3.05, 3.63) is 42.6 Å². The van der Waals surface area contributed by atoms with E-state index in [1.54, 1.807) is 13.3 Å². The van der Waals surface area contributed by atoms with E-state index < -0.39 is 0 Å². The van der Waals surface area contributed by atoms with Crippen LogP contribution in [0.4, 0.5) is 11.5 Å². The highest BCUT2D eigenvalue weighted by Gasteiger charge is 2.01. The first-order chi connectivity index (χ1) is 9.29. The lowest BCUT2D eigenvalue weighted by atomic mass is 10.3. The molecule has 5 nitrogen and oxygen atoms in total. The van der Waals surface area contributed by atoms with Crippen LogP contribution >= 0.6 is 0 Å². The van der Waals surface area contributed by atoms with Crippen molar-refractivity contribution in [3.8, 4) is 11.5 Å². The second-order valence-corrected chi connectivity index (χ2v) is 3.90. The molecule has 2 aromatic rings. The van der Waals surface area contributed by atoms with E-state index in [-0.39, 0.29) is 0 Å². The predicted octanol–water partition coefficient (Wildman–Crippen LogP) is 2.16. The van der Waals surface area contributed by atoms with Crippen LogP contribution in [-0.4, -0.2) is 25.2 Å². The Morgan fingerprint density at radius 1 is 1.21 bits per heavy atom. The summed E-state index contributed by atoms with van der Waals surface area (Å²) in [6.45, 7) is 1.17. The maximum atomic E-state index is 5.60. The third kappa shape index (κ3) is 3.77. The van der Waals surface area contributed by atoms with Gasteiger partial charge >= 0.3 is 0 Å². The molecule has 0 radical (unpaired) electrons. The Morgan fingerprint density at radius 2 is 2.00 bits per heavy atom. The Kier molecular flexibility index (Phi) is 4.44. The molecule has 0 aliphatic carbocycles. The minimum atomic E-state index is 0.531. The predicted molar refractivity (Wildman–Crippen MR) is 75.6 cm³/mol. The van der Waals surface area contributed by atoms with Gasteiger partial charge in [-0.15, -0.1) is 0 Å². The molecular weight excluding hydrogens is 242 g/mol. The third-order valence-electron chi connectivity index (χ3n) is 2.53. The zero-order chi connectivity index (χ0) is 13.5. The van der Waals surface area contributed by atoms with Crippen LogP contribution in [-0.2, 0) is 0 Å². The van der Waals surface area contributed by atoms with Gasteiger partial charge < -0.3 is 20.5 Å². The van der Waals surface area contributed by atoms with Gasteiger partial charge in [-0.1, -0.05) is 0 Å². The number of nitrogens with two attached hydrogens (primary N) is 1. The quantitative estimate of drug-likeness (QED) is 0.614. The lowest BCUT2D eigenvalue weighted by molar-refractivity contribution is 0.332. The van der Waals surface area contributed by atoms with Gasteiger partial charge in [-0.05, 0) is 36.4 Å². The van der Waals surface area contributed by atoms with Gasteiger partial charge in [0, 0.05) is 11.9 Å². The molecule has 0 amide bonds. The SMILES string of the molecule is COc1cccnc1NCCOc1ccc(N)cc1. The minimum absolute atomic E-state index is 0.531. The van der Waals surface area contributed by atoms with E-state index in [4.69, 9.17) is 15.2 Å². The third-order valence-corrected chi connectivity index (χ3v) is 2.53. The number of pyridine rings is 1. The average Bonchev–Trinajstić information content (AvgIpc) is 2.46. The number of rotatable bonds is 6. The van der Waals surface area contributed by atoms with Crippen molar-refractivity contribution < 1.29 is 9.47 Å². The smallest absolute Gasteiger partial charge is 0.168 e. The molecule has 0 saturated carbocycles. The molecule has 5 heteroatoms. The second kappa shape index (κ2) is 6.49. The number of methoxy groups -OCH3 is 1. The standard InChI is InChI=1S/C14H17N3O2/c1-18-13-3-2-8-16-14(13)17-9-10-19-12-6-4-11(15)5-7-12/h2-8H,9-10,15H2,1H3,(H,16,17). The molecule has 19 heavy (non-hydrogen) atoms.